The summed E-state index contributed by atoms with van der Waals surface area (Å²) in [5.74, 6) is 0.870. The summed E-state index contributed by atoms with van der Waals surface area (Å²) in [5, 5.41) is 3.24. The molecule has 0 aliphatic heterocycles. The summed E-state index contributed by atoms with van der Waals surface area (Å²) < 4.78 is 0. The zero-order valence-corrected chi connectivity index (χ0v) is 12.6. The molecule has 0 aromatic carbocycles. The van der Waals surface area contributed by atoms with Crippen LogP contribution in [0.1, 0.15) is 43.4 Å². The Balaban J connectivity index is 2.07. The Bertz CT molecular complexity index is 397. The molecular weight excluding hydrogens is 234 g/mol. The third-order valence-corrected chi connectivity index (χ3v) is 4.13. The highest BCUT2D eigenvalue weighted by molar-refractivity contribution is 5.53. The van der Waals surface area contributed by atoms with Crippen molar-refractivity contribution >= 4 is 5.69 Å². The molecule has 0 radical (unpaired) electrons. The van der Waals surface area contributed by atoms with Crippen LogP contribution in [-0.2, 0) is 6.54 Å². The normalized spacial score (nSPS) is 16.6. The van der Waals surface area contributed by atoms with Crippen LogP contribution in [0.15, 0.2) is 12.3 Å². The number of nitrogens with zero attached hydrogens (tertiary/aromatic N) is 2. The number of nitrogens with one attached hydrogen (secondary N) is 1. The van der Waals surface area contributed by atoms with Gasteiger partial charge in [0, 0.05) is 43.3 Å². The van der Waals surface area contributed by atoms with E-state index in [1.54, 1.807) is 0 Å². The lowest BCUT2D eigenvalue weighted by Gasteiger charge is -2.29. The van der Waals surface area contributed by atoms with Crippen molar-refractivity contribution < 1.29 is 0 Å². The first kappa shape index (κ1) is 14.3. The van der Waals surface area contributed by atoms with E-state index < -0.39 is 0 Å². The first-order chi connectivity index (χ1) is 9.20. The maximum absolute atomic E-state index is 4.42. The van der Waals surface area contributed by atoms with E-state index in [-0.39, 0.29) is 0 Å². The topological polar surface area (TPSA) is 28.2 Å². The summed E-state index contributed by atoms with van der Waals surface area (Å²) in [6, 6.07) is 2.22. The Morgan fingerprint density at radius 2 is 2.05 bits per heavy atom. The highest BCUT2D eigenvalue weighted by atomic mass is 15.1. The number of aryl methyl sites for hydroxylation is 1. The largest absolute Gasteiger partial charge is 0.374 e. The summed E-state index contributed by atoms with van der Waals surface area (Å²) in [5.41, 5.74) is 3.74. The molecule has 0 amide bonds. The first-order valence-electron chi connectivity index (χ1n) is 7.52. The fraction of sp³-hybridized carbons (Fsp3) is 0.688. The minimum absolute atomic E-state index is 0.870. The quantitative estimate of drug-likeness (QED) is 0.882. The van der Waals surface area contributed by atoms with E-state index in [2.05, 4.69) is 35.2 Å². The second kappa shape index (κ2) is 6.90. The van der Waals surface area contributed by atoms with Gasteiger partial charge in [-0.05, 0) is 38.8 Å². The van der Waals surface area contributed by atoms with Crippen LogP contribution in [0.4, 0.5) is 5.69 Å². The minimum atomic E-state index is 0.870. The van der Waals surface area contributed by atoms with Crippen LogP contribution in [0.2, 0.25) is 0 Å². The summed E-state index contributed by atoms with van der Waals surface area (Å²) >= 11 is 0. The third-order valence-electron chi connectivity index (χ3n) is 4.13. The highest BCUT2D eigenvalue weighted by Crippen LogP contribution is 2.27. The van der Waals surface area contributed by atoms with Crippen LogP contribution < -0.4 is 10.2 Å². The van der Waals surface area contributed by atoms with Gasteiger partial charge in [-0.2, -0.15) is 0 Å². The van der Waals surface area contributed by atoms with E-state index in [0.29, 0.717) is 0 Å². The molecule has 3 heteroatoms. The number of aromatic nitrogens is 1. The van der Waals surface area contributed by atoms with Crippen molar-refractivity contribution in [3.05, 3.63) is 23.5 Å². The van der Waals surface area contributed by atoms with Gasteiger partial charge >= 0.3 is 0 Å². The van der Waals surface area contributed by atoms with Gasteiger partial charge in [0.05, 0.1) is 0 Å². The fourth-order valence-electron chi connectivity index (χ4n) is 3.11. The molecular formula is C16H27N3. The van der Waals surface area contributed by atoms with Crippen molar-refractivity contribution in [1.82, 2.24) is 10.3 Å². The lowest BCUT2D eigenvalue weighted by Crippen LogP contribution is -2.28. The number of hydrogen-bond donors (Lipinski definition) is 1. The molecule has 3 nitrogen and oxygen atoms in total. The molecule has 1 aromatic rings. The summed E-state index contributed by atoms with van der Waals surface area (Å²) in [7, 11) is 4.22. The fourth-order valence-corrected chi connectivity index (χ4v) is 3.11. The SMILES string of the molecule is CNCc1cnc(C)cc1N(C)CC1CCCCC1. The van der Waals surface area contributed by atoms with E-state index in [0.717, 1.165) is 18.2 Å². The van der Waals surface area contributed by atoms with E-state index >= 15 is 0 Å². The van der Waals surface area contributed by atoms with Crippen LogP contribution in [-0.4, -0.2) is 25.6 Å². The average Bonchev–Trinajstić information content (AvgIpc) is 2.42. The second-order valence-corrected chi connectivity index (χ2v) is 5.87. The standard InChI is InChI=1S/C16H27N3/c1-13-9-16(15(10-17-2)11-18-13)19(3)12-14-7-5-4-6-8-14/h9,11,14,17H,4-8,10,12H2,1-3H3. The smallest absolute Gasteiger partial charge is 0.0443 e. The Labute approximate surface area is 117 Å². The zero-order valence-electron chi connectivity index (χ0n) is 12.6. The van der Waals surface area contributed by atoms with Crippen LogP contribution in [0.3, 0.4) is 0 Å². The van der Waals surface area contributed by atoms with Crippen molar-refractivity contribution in [1.29, 1.82) is 0 Å². The van der Waals surface area contributed by atoms with E-state index in [9.17, 15) is 0 Å². The van der Waals surface area contributed by atoms with Gasteiger partial charge in [-0.25, -0.2) is 0 Å². The molecule has 1 fully saturated rings. The van der Waals surface area contributed by atoms with Gasteiger partial charge in [0.15, 0.2) is 0 Å². The van der Waals surface area contributed by atoms with Crippen molar-refractivity contribution in [2.45, 2.75) is 45.6 Å². The molecule has 0 bridgehead atoms. The maximum Gasteiger partial charge on any atom is 0.0443 e. The predicted molar refractivity (Wildman–Crippen MR) is 81.6 cm³/mol. The summed E-state index contributed by atoms with van der Waals surface area (Å²) in [6.45, 7) is 4.14. The van der Waals surface area contributed by atoms with Gasteiger partial charge in [-0.1, -0.05) is 19.3 Å². The number of anilines is 1. The molecule has 0 atom stereocenters. The van der Waals surface area contributed by atoms with Crippen LogP contribution in [0.5, 0.6) is 0 Å². The molecule has 2 rings (SSSR count). The molecule has 1 heterocycles. The molecule has 106 valence electrons. The Morgan fingerprint density at radius 1 is 1.32 bits per heavy atom. The van der Waals surface area contributed by atoms with E-state index in [4.69, 9.17) is 0 Å². The average molecular weight is 261 g/mol. The zero-order chi connectivity index (χ0) is 13.7. The van der Waals surface area contributed by atoms with Crippen molar-refractivity contribution in [2.75, 3.05) is 25.5 Å². The molecule has 1 aromatic heterocycles. The summed E-state index contributed by atoms with van der Waals surface area (Å²) in [4.78, 5) is 6.85. The van der Waals surface area contributed by atoms with Crippen LogP contribution in [0, 0.1) is 12.8 Å². The molecule has 0 unspecified atom stereocenters. The van der Waals surface area contributed by atoms with Crippen molar-refractivity contribution in [2.24, 2.45) is 5.92 Å². The second-order valence-electron chi connectivity index (χ2n) is 5.87. The molecule has 0 spiro atoms. The highest BCUT2D eigenvalue weighted by Gasteiger charge is 2.17. The number of hydrogen-bond acceptors (Lipinski definition) is 3. The monoisotopic (exact) mass is 261 g/mol. The Hall–Kier alpha value is -1.09. The number of pyridine rings is 1. The van der Waals surface area contributed by atoms with Gasteiger partial charge in [-0.15, -0.1) is 0 Å². The summed E-state index contributed by atoms with van der Waals surface area (Å²) in [6.07, 6.45) is 9.07. The van der Waals surface area contributed by atoms with E-state index in [1.807, 2.05) is 13.2 Å². The minimum Gasteiger partial charge on any atom is -0.374 e. The Kier molecular flexibility index (Phi) is 5.20. The van der Waals surface area contributed by atoms with Crippen molar-refractivity contribution in [3.63, 3.8) is 0 Å². The molecule has 1 aliphatic carbocycles. The van der Waals surface area contributed by atoms with Gasteiger partial charge in [0.25, 0.3) is 0 Å². The lowest BCUT2D eigenvalue weighted by atomic mass is 9.89. The van der Waals surface area contributed by atoms with Crippen LogP contribution >= 0.6 is 0 Å². The molecule has 1 N–H and O–H groups in total. The van der Waals surface area contributed by atoms with Gasteiger partial charge in [0.1, 0.15) is 0 Å². The molecule has 19 heavy (non-hydrogen) atoms. The molecule has 0 saturated heterocycles. The maximum atomic E-state index is 4.42. The number of rotatable bonds is 5. The van der Waals surface area contributed by atoms with Crippen molar-refractivity contribution in [3.8, 4) is 0 Å². The predicted octanol–water partition coefficient (Wildman–Crippen LogP) is 3.13. The van der Waals surface area contributed by atoms with Gasteiger partial charge in [-0.3, -0.25) is 4.98 Å². The van der Waals surface area contributed by atoms with E-state index in [1.165, 1.54) is 49.9 Å². The molecule has 1 saturated carbocycles. The third kappa shape index (κ3) is 3.93. The first-order valence-corrected chi connectivity index (χ1v) is 7.52. The van der Waals surface area contributed by atoms with Gasteiger partial charge < -0.3 is 10.2 Å². The Morgan fingerprint density at radius 3 is 2.74 bits per heavy atom. The van der Waals surface area contributed by atoms with Gasteiger partial charge in [0.2, 0.25) is 0 Å². The molecule has 1 aliphatic rings. The van der Waals surface area contributed by atoms with Crippen LogP contribution in [0.25, 0.3) is 0 Å². The lowest BCUT2D eigenvalue weighted by molar-refractivity contribution is 0.362.